The van der Waals surface area contributed by atoms with Gasteiger partial charge in [0.05, 0.1) is 17.8 Å². The van der Waals surface area contributed by atoms with Gasteiger partial charge in [-0.25, -0.2) is 0 Å². The van der Waals surface area contributed by atoms with Gasteiger partial charge in [-0.1, -0.05) is 12.1 Å². The molecule has 1 fully saturated rings. The number of carbonyl (C=O) groups excluding carboxylic acids is 1. The summed E-state index contributed by atoms with van der Waals surface area (Å²) in [6, 6.07) is 7.83. The van der Waals surface area contributed by atoms with Crippen molar-refractivity contribution in [3.8, 4) is 11.3 Å². The number of rotatable bonds is 2. The van der Waals surface area contributed by atoms with E-state index in [9.17, 15) is 18.0 Å². The van der Waals surface area contributed by atoms with Gasteiger partial charge in [0.15, 0.2) is 5.76 Å². The Hall–Kier alpha value is -2.28. The van der Waals surface area contributed by atoms with Crippen molar-refractivity contribution >= 4 is 5.91 Å². The van der Waals surface area contributed by atoms with Gasteiger partial charge >= 0.3 is 6.18 Å². The first-order valence-electron chi connectivity index (χ1n) is 7.96. The molecule has 0 unspecified atom stereocenters. The fourth-order valence-corrected chi connectivity index (χ4v) is 2.96. The van der Waals surface area contributed by atoms with E-state index in [1.54, 1.807) is 4.90 Å². The molecule has 0 N–H and O–H groups in total. The molecule has 1 aromatic carbocycles. The minimum atomic E-state index is -4.43. The van der Waals surface area contributed by atoms with Crippen LogP contribution in [0.1, 0.15) is 30.0 Å². The fraction of sp³-hybridized carbons (Fsp3) is 0.389. The summed E-state index contributed by atoms with van der Waals surface area (Å²) in [6.07, 6.45) is -4.59. The maximum absolute atomic E-state index is 12.8. The first kappa shape index (κ1) is 17.5. The second-order valence-electron chi connectivity index (χ2n) is 6.21. The molecular formula is C18H18F3NO3. The van der Waals surface area contributed by atoms with Crippen LogP contribution in [0.2, 0.25) is 0 Å². The lowest BCUT2D eigenvalue weighted by Crippen LogP contribution is -2.48. The molecule has 1 aliphatic rings. The minimum Gasteiger partial charge on any atom is -0.451 e. The third-order valence-corrected chi connectivity index (χ3v) is 4.00. The van der Waals surface area contributed by atoms with Gasteiger partial charge in [0.1, 0.15) is 5.76 Å². The summed E-state index contributed by atoms with van der Waals surface area (Å²) in [5.74, 6) is 0.0396. The second-order valence-corrected chi connectivity index (χ2v) is 6.21. The van der Waals surface area contributed by atoms with E-state index in [0.717, 1.165) is 12.1 Å². The van der Waals surface area contributed by atoms with E-state index in [1.807, 2.05) is 13.8 Å². The molecule has 3 rings (SSSR count). The highest BCUT2D eigenvalue weighted by molar-refractivity contribution is 5.92. The normalized spacial score (nSPS) is 21.4. The largest absolute Gasteiger partial charge is 0.451 e. The molecule has 1 aliphatic heterocycles. The maximum atomic E-state index is 12.8. The van der Waals surface area contributed by atoms with Crippen molar-refractivity contribution in [3.63, 3.8) is 0 Å². The van der Waals surface area contributed by atoms with Gasteiger partial charge in [0.2, 0.25) is 0 Å². The number of ether oxygens (including phenoxy) is 1. The molecule has 2 atom stereocenters. The van der Waals surface area contributed by atoms with Gasteiger partial charge in [0.25, 0.3) is 5.91 Å². The molecule has 0 bridgehead atoms. The SMILES string of the molecule is C[C@H]1CN(C(=O)c2ccc(-c3cccc(C(F)(F)F)c3)o2)C[C@H](C)O1. The van der Waals surface area contributed by atoms with Crippen molar-refractivity contribution in [2.45, 2.75) is 32.2 Å². The van der Waals surface area contributed by atoms with Crippen LogP contribution in [0.5, 0.6) is 0 Å². The van der Waals surface area contributed by atoms with Crippen LogP contribution >= 0.6 is 0 Å². The summed E-state index contributed by atoms with van der Waals surface area (Å²) in [6.45, 7) is 4.66. The summed E-state index contributed by atoms with van der Waals surface area (Å²) >= 11 is 0. The number of alkyl halides is 3. The van der Waals surface area contributed by atoms with Crippen LogP contribution in [-0.2, 0) is 10.9 Å². The Labute approximate surface area is 143 Å². The lowest BCUT2D eigenvalue weighted by atomic mass is 10.1. The monoisotopic (exact) mass is 353 g/mol. The number of amides is 1. The zero-order valence-electron chi connectivity index (χ0n) is 13.8. The van der Waals surface area contributed by atoms with Crippen molar-refractivity contribution in [1.82, 2.24) is 4.90 Å². The van der Waals surface area contributed by atoms with Crippen molar-refractivity contribution in [1.29, 1.82) is 0 Å². The zero-order chi connectivity index (χ0) is 18.2. The van der Waals surface area contributed by atoms with Crippen LogP contribution < -0.4 is 0 Å². The maximum Gasteiger partial charge on any atom is 0.416 e. The van der Waals surface area contributed by atoms with Gasteiger partial charge in [-0.05, 0) is 38.1 Å². The number of benzene rings is 1. The van der Waals surface area contributed by atoms with E-state index in [2.05, 4.69) is 0 Å². The third kappa shape index (κ3) is 3.87. The van der Waals surface area contributed by atoms with Crippen LogP contribution in [0, 0.1) is 0 Å². The third-order valence-electron chi connectivity index (χ3n) is 4.00. The summed E-state index contributed by atoms with van der Waals surface area (Å²) in [5, 5.41) is 0. The van der Waals surface area contributed by atoms with E-state index >= 15 is 0 Å². The van der Waals surface area contributed by atoms with Gasteiger partial charge in [-0.3, -0.25) is 4.79 Å². The molecular weight excluding hydrogens is 335 g/mol. The molecule has 0 radical (unpaired) electrons. The molecule has 134 valence electrons. The average molecular weight is 353 g/mol. The van der Waals surface area contributed by atoms with Gasteiger partial charge in [0, 0.05) is 18.7 Å². The standard InChI is InChI=1S/C18H18F3NO3/c1-11-9-22(10-12(2)24-11)17(23)16-7-6-15(25-16)13-4-3-5-14(8-13)18(19,20)21/h3-8,11-12H,9-10H2,1-2H3/t11-,12-/m0/s1. The van der Waals surface area contributed by atoms with Crippen LogP contribution in [-0.4, -0.2) is 36.1 Å². The zero-order valence-corrected chi connectivity index (χ0v) is 13.8. The average Bonchev–Trinajstić information content (AvgIpc) is 3.02. The summed E-state index contributed by atoms with van der Waals surface area (Å²) in [7, 11) is 0. The Balaban J connectivity index is 1.82. The molecule has 0 aliphatic carbocycles. The predicted octanol–water partition coefficient (Wildman–Crippen LogP) is 4.21. The Morgan fingerprint density at radius 3 is 2.44 bits per heavy atom. The van der Waals surface area contributed by atoms with E-state index in [1.165, 1.54) is 24.3 Å². The van der Waals surface area contributed by atoms with E-state index < -0.39 is 11.7 Å². The highest BCUT2D eigenvalue weighted by atomic mass is 19.4. The van der Waals surface area contributed by atoms with Gasteiger partial charge in [-0.2, -0.15) is 13.2 Å². The molecule has 1 aromatic heterocycles. The number of hydrogen-bond donors (Lipinski definition) is 0. The number of nitrogens with zero attached hydrogens (tertiary/aromatic N) is 1. The van der Waals surface area contributed by atoms with E-state index in [-0.39, 0.29) is 35.2 Å². The molecule has 0 spiro atoms. The quantitative estimate of drug-likeness (QED) is 0.812. The Morgan fingerprint density at radius 2 is 1.80 bits per heavy atom. The number of carbonyl (C=O) groups is 1. The summed E-state index contributed by atoms with van der Waals surface area (Å²) < 4.78 is 49.6. The molecule has 2 aromatic rings. The topological polar surface area (TPSA) is 42.7 Å². The second kappa shape index (κ2) is 6.55. The Bertz CT molecular complexity index is 759. The van der Waals surface area contributed by atoms with E-state index in [0.29, 0.717) is 13.1 Å². The molecule has 1 amide bonds. The lowest BCUT2D eigenvalue weighted by Gasteiger charge is -2.34. The van der Waals surface area contributed by atoms with E-state index in [4.69, 9.17) is 9.15 Å². The number of hydrogen-bond acceptors (Lipinski definition) is 3. The number of furan rings is 1. The fourth-order valence-electron chi connectivity index (χ4n) is 2.96. The Kier molecular flexibility index (Phi) is 4.60. The first-order valence-corrected chi connectivity index (χ1v) is 7.96. The van der Waals surface area contributed by atoms with Crippen LogP contribution in [0.4, 0.5) is 13.2 Å². The molecule has 4 nitrogen and oxygen atoms in total. The Morgan fingerprint density at radius 1 is 1.12 bits per heavy atom. The summed E-state index contributed by atoms with van der Waals surface area (Å²) in [4.78, 5) is 14.2. The van der Waals surface area contributed by atoms with Crippen LogP contribution in [0.25, 0.3) is 11.3 Å². The summed E-state index contributed by atoms with van der Waals surface area (Å²) in [5.41, 5.74) is -0.484. The minimum absolute atomic E-state index is 0.0781. The van der Waals surface area contributed by atoms with Gasteiger partial charge < -0.3 is 14.1 Å². The highest BCUT2D eigenvalue weighted by Gasteiger charge is 2.31. The first-order chi connectivity index (χ1) is 11.7. The van der Waals surface area contributed by atoms with Crippen molar-refractivity contribution < 1.29 is 27.1 Å². The molecule has 2 heterocycles. The van der Waals surface area contributed by atoms with Crippen LogP contribution in [0.3, 0.4) is 0 Å². The van der Waals surface area contributed by atoms with Crippen molar-refractivity contribution in [3.05, 3.63) is 47.7 Å². The van der Waals surface area contributed by atoms with Crippen molar-refractivity contribution in [2.24, 2.45) is 0 Å². The molecule has 0 saturated carbocycles. The molecule has 25 heavy (non-hydrogen) atoms. The highest BCUT2D eigenvalue weighted by Crippen LogP contribution is 2.32. The molecule has 7 heteroatoms. The molecule has 1 saturated heterocycles. The predicted molar refractivity (Wildman–Crippen MR) is 85.1 cm³/mol. The van der Waals surface area contributed by atoms with Gasteiger partial charge in [-0.15, -0.1) is 0 Å². The van der Waals surface area contributed by atoms with Crippen LogP contribution in [0.15, 0.2) is 40.8 Å². The lowest BCUT2D eigenvalue weighted by molar-refractivity contribution is -0.137. The van der Waals surface area contributed by atoms with Crippen molar-refractivity contribution in [2.75, 3.05) is 13.1 Å². The number of halogens is 3. The number of morpholine rings is 1. The smallest absolute Gasteiger partial charge is 0.416 e.